The predicted octanol–water partition coefficient (Wildman–Crippen LogP) is 2.84. The van der Waals surface area contributed by atoms with Crippen molar-refractivity contribution in [3.8, 4) is 17.4 Å². The van der Waals surface area contributed by atoms with Gasteiger partial charge in [-0.25, -0.2) is 4.98 Å². The third-order valence-electron chi connectivity index (χ3n) is 2.81. The summed E-state index contributed by atoms with van der Waals surface area (Å²) >= 11 is 0. The second-order valence-electron chi connectivity index (χ2n) is 4.30. The highest BCUT2D eigenvalue weighted by atomic mass is 16.6. The molecule has 0 spiro atoms. The fourth-order valence-electron chi connectivity index (χ4n) is 1.74. The Labute approximate surface area is 120 Å². The van der Waals surface area contributed by atoms with Crippen LogP contribution in [0.1, 0.15) is 18.6 Å². The fraction of sp³-hybridized carbons (Fsp3) is 0.214. The summed E-state index contributed by atoms with van der Waals surface area (Å²) in [7, 11) is 1.36. The van der Waals surface area contributed by atoms with Gasteiger partial charge in [-0.05, 0) is 30.7 Å². The average Bonchev–Trinajstić information content (AvgIpc) is 2.47. The van der Waals surface area contributed by atoms with Crippen molar-refractivity contribution in [1.82, 2.24) is 4.98 Å². The predicted molar refractivity (Wildman–Crippen MR) is 74.6 cm³/mol. The molecule has 21 heavy (non-hydrogen) atoms. The Morgan fingerprint density at radius 3 is 2.71 bits per heavy atom. The first kappa shape index (κ1) is 14.7. The highest BCUT2D eigenvalue weighted by Crippen LogP contribution is 2.32. The third-order valence-corrected chi connectivity index (χ3v) is 2.81. The Morgan fingerprint density at radius 2 is 2.10 bits per heavy atom. The topological polar surface area (TPSA) is 94.7 Å². The van der Waals surface area contributed by atoms with E-state index in [1.165, 1.54) is 25.4 Å². The number of hydrogen-bond donors (Lipinski definition) is 1. The minimum atomic E-state index is -0.652. The molecule has 7 nitrogen and oxygen atoms in total. The zero-order chi connectivity index (χ0) is 15.4. The molecule has 1 N–H and O–H groups in total. The van der Waals surface area contributed by atoms with E-state index in [9.17, 15) is 15.2 Å². The summed E-state index contributed by atoms with van der Waals surface area (Å²) in [6.07, 6.45) is 0.843. The lowest BCUT2D eigenvalue weighted by Gasteiger charge is -2.09. The van der Waals surface area contributed by atoms with Gasteiger partial charge in [-0.1, -0.05) is 0 Å². The number of aliphatic hydroxyl groups is 1. The number of hydrogen-bond acceptors (Lipinski definition) is 6. The smallest absolute Gasteiger partial charge is 0.314 e. The number of nitrogens with zero attached hydrogens (tertiary/aromatic N) is 2. The van der Waals surface area contributed by atoms with Crippen molar-refractivity contribution < 1.29 is 19.5 Å². The Bertz CT molecular complexity index is 658. The number of nitro benzene ring substituents is 1. The Kier molecular flexibility index (Phi) is 4.34. The maximum absolute atomic E-state index is 11.0. The molecule has 1 unspecified atom stereocenters. The zero-order valence-electron chi connectivity index (χ0n) is 11.5. The summed E-state index contributed by atoms with van der Waals surface area (Å²) in [5.41, 5.74) is 0.449. The van der Waals surface area contributed by atoms with Gasteiger partial charge in [0, 0.05) is 12.3 Å². The molecule has 1 atom stereocenters. The normalized spacial score (nSPS) is 11.8. The number of aromatic nitrogens is 1. The van der Waals surface area contributed by atoms with Crippen LogP contribution in [0.5, 0.6) is 17.4 Å². The number of nitro groups is 1. The molecular weight excluding hydrogens is 276 g/mol. The molecule has 0 bridgehead atoms. The number of aliphatic hydroxyl groups excluding tert-OH is 1. The third kappa shape index (κ3) is 3.46. The summed E-state index contributed by atoms with van der Waals surface area (Å²) in [5.74, 6) is 0.656. The molecule has 0 saturated carbocycles. The quantitative estimate of drug-likeness (QED) is 0.672. The van der Waals surface area contributed by atoms with Crippen LogP contribution in [0.15, 0.2) is 36.5 Å². The van der Waals surface area contributed by atoms with Crippen LogP contribution in [-0.2, 0) is 0 Å². The lowest BCUT2D eigenvalue weighted by Crippen LogP contribution is -1.96. The van der Waals surface area contributed by atoms with Gasteiger partial charge in [-0.3, -0.25) is 10.1 Å². The monoisotopic (exact) mass is 290 g/mol. The lowest BCUT2D eigenvalue weighted by atomic mass is 10.2. The van der Waals surface area contributed by atoms with Crippen LogP contribution in [0.2, 0.25) is 0 Å². The Hall–Kier alpha value is -2.67. The Morgan fingerprint density at radius 1 is 1.33 bits per heavy atom. The highest BCUT2D eigenvalue weighted by molar-refractivity contribution is 5.51. The van der Waals surface area contributed by atoms with Gasteiger partial charge in [-0.15, -0.1) is 0 Å². The van der Waals surface area contributed by atoms with Gasteiger partial charge >= 0.3 is 5.69 Å². The van der Waals surface area contributed by atoms with Gasteiger partial charge in [0.1, 0.15) is 5.75 Å². The van der Waals surface area contributed by atoms with Crippen molar-refractivity contribution in [1.29, 1.82) is 0 Å². The maximum Gasteiger partial charge on any atom is 0.314 e. The van der Waals surface area contributed by atoms with Crippen LogP contribution in [0, 0.1) is 10.1 Å². The molecule has 0 saturated heterocycles. The van der Waals surface area contributed by atoms with Crippen molar-refractivity contribution >= 4 is 5.69 Å². The van der Waals surface area contributed by atoms with E-state index in [0.717, 1.165) is 0 Å². The van der Waals surface area contributed by atoms with E-state index in [1.807, 2.05) is 0 Å². The molecule has 0 aliphatic carbocycles. The van der Waals surface area contributed by atoms with E-state index in [4.69, 9.17) is 9.47 Å². The summed E-state index contributed by atoms with van der Waals surface area (Å²) in [6.45, 7) is 1.62. The van der Waals surface area contributed by atoms with Crippen LogP contribution in [0.4, 0.5) is 5.69 Å². The van der Waals surface area contributed by atoms with E-state index < -0.39 is 11.0 Å². The Balaban J connectivity index is 2.29. The number of methoxy groups -OCH3 is 1. The van der Waals surface area contributed by atoms with E-state index in [-0.39, 0.29) is 23.1 Å². The molecule has 2 rings (SSSR count). The number of rotatable bonds is 5. The first-order chi connectivity index (χ1) is 10.0. The molecule has 1 heterocycles. The van der Waals surface area contributed by atoms with Crippen molar-refractivity contribution in [2.45, 2.75) is 13.0 Å². The second-order valence-corrected chi connectivity index (χ2v) is 4.30. The molecule has 2 aromatic rings. The first-order valence-corrected chi connectivity index (χ1v) is 6.15. The van der Waals surface area contributed by atoms with Gasteiger partial charge in [0.05, 0.1) is 24.2 Å². The minimum absolute atomic E-state index is 0.151. The van der Waals surface area contributed by atoms with Gasteiger partial charge in [0.15, 0.2) is 5.75 Å². The average molecular weight is 290 g/mol. The SMILES string of the molecule is COc1ccc(Oc2cc(C(C)O)ccn2)cc1[N+](=O)[O-]. The van der Waals surface area contributed by atoms with Crippen molar-refractivity contribution in [2.24, 2.45) is 0 Å². The zero-order valence-corrected chi connectivity index (χ0v) is 11.5. The molecule has 1 aromatic heterocycles. The summed E-state index contributed by atoms with van der Waals surface area (Å²) in [6, 6.07) is 7.48. The molecule has 0 aliphatic heterocycles. The van der Waals surface area contributed by atoms with Crippen molar-refractivity contribution in [3.63, 3.8) is 0 Å². The van der Waals surface area contributed by atoms with Crippen LogP contribution >= 0.6 is 0 Å². The molecule has 0 radical (unpaired) electrons. The van der Waals surface area contributed by atoms with Crippen molar-refractivity contribution in [2.75, 3.05) is 7.11 Å². The van der Waals surface area contributed by atoms with Gasteiger partial charge in [-0.2, -0.15) is 0 Å². The highest BCUT2D eigenvalue weighted by Gasteiger charge is 2.16. The summed E-state index contributed by atoms with van der Waals surface area (Å²) in [4.78, 5) is 14.4. The number of ether oxygens (including phenoxy) is 2. The fourth-order valence-corrected chi connectivity index (χ4v) is 1.74. The molecule has 0 aliphatic rings. The second kappa shape index (κ2) is 6.19. The molecule has 0 fully saturated rings. The van der Waals surface area contributed by atoms with Gasteiger partial charge in [0.2, 0.25) is 5.88 Å². The van der Waals surface area contributed by atoms with Crippen LogP contribution < -0.4 is 9.47 Å². The molecular formula is C14H14N2O5. The van der Waals surface area contributed by atoms with Gasteiger partial charge in [0.25, 0.3) is 0 Å². The van der Waals surface area contributed by atoms with Crippen LogP contribution in [-0.4, -0.2) is 22.1 Å². The first-order valence-electron chi connectivity index (χ1n) is 6.15. The largest absolute Gasteiger partial charge is 0.490 e. The molecule has 1 aromatic carbocycles. The number of pyridine rings is 1. The van der Waals surface area contributed by atoms with Crippen LogP contribution in [0.25, 0.3) is 0 Å². The van der Waals surface area contributed by atoms with Crippen molar-refractivity contribution in [3.05, 3.63) is 52.2 Å². The summed E-state index contributed by atoms with van der Waals surface area (Å²) < 4.78 is 10.4. The van der Waals surface area contributed by atoms with E-state index in [1.54, 1.807) is 25.1 Å². The lowest BCUT2D eigenvalue weighted by molar-refractivity contribution is -0.385. The van der Waals surface area contributed by atoms with E-state index in [0.29, 0.717) is 5.56 Å². The summed E-state index contributed by atoms with van der Waals surface area (Å²) in [5, 5.41) is 20.5. The van der Waals surface area contributed by atoms with Crippen LogP contribution in [0.3, 0.4) is 0 Å². The van der Waals surface area contributed by atoms with E-state index in [2.05, 4.69) is 4.98 Å². The minimum Gasteiger partial charge on any atom is -0.490 e. The standard InChI is InChI=1S/C14H14N2O5/c1-9(17)10-5-6-15-14(7-10)21-11-3-4-13(20-2)12(8-11)16(18)19/h3-9,17H,1-2H3. The molecule has 7 heteroatoms. The molecule has 0 amide bonds. The molecule has 110 valence electrons. The maximum atomic E-state index is 11.0. The van der Waals surface area contributed by atoms with E-state index >= 15 is 0 Å². The van der Waals surface area contributed by atoms with Gasteiger partial charge < -0.3 is 14.6 Å². The number of benzene rings is 1.